The van der Waals surface area contributed by atoms with Crippen LogP contribution in [0.3, 0.4) is 0 Å². The molecule has 156 valence electrons. The lowest BCUT2D eigenvalue weighted by atomic mass is 9.68. The van der Waals surface area contributed by atoms with Crippen LogP contribution in [0, 0.1) is 17.8 Å². The number of halogens is 2. The Morgan fingerprint density at radius 1 is 1.25 bits per heavy atom. The molecule has 0 spiro atoms. The molecule has 5 nitrogen and oxygen atoms in total. The van der Waals surface area contributed by atoms with Gasteiger partial charge in [0, 0.05) is 30.6 Å². The van der Waals surface area contributed by atoms with Gasteiger partial charge < -0.3 is 15.5 Å². The Kier molecular flexibility index (Phi) is 6.99. The van der Waals surface area contributed by atoms with E-state index in [0.717, 1.165) is 25.7 Å². The molecule has 2 aliphatic carbocycles. The van der Waals surface area contributed by atoms with Crippen LogP contribution < -0.4 is 5.32 Å². The number of carbonyl (C=O) groups excluding carboxylic acids is 1. The molecule has 3 unspecified atom stereocenters. The lowest BCUT2D eigenvalue weighted by Crippen LogP contribution is -2.42. The van der Waals surface area contributed by atoms with Crippen LogP contribution in [0.1, 0.15) is 69.6 Å². The van der Waals surface area contributed by atoms with Gasteiger partial charge in [-0.05, 0) is 30.4 Å². The van der Waals surface area contributed by atoms with E-state index in [1.54, 1.807) is 6.07 Å². The van der Waals surface area contributed by atoms with E-state index in [9.17, 15) is 18.7 Å². The molecule has 1 heterocycles. The third kappa shape index (κ3) is 5.26. The molecule has 0 bridgehead atoms. The third-order valence-corrected chi connectivity index (χ3v) is 6.28. The topological polar surface area (TPSA) is 82.5 Å². The van der Waals surface area contributed by atoms with Crippen LogP contribution in [0.25, 0.3) is 0 Å². The van der Waals surface area contributed by atoms with Crippen LogP contribution in [-0.2, 0) is 4.79 Å². The van der Waals surface area contributed by atoms with Crippen LogP contribution in [0.15, 0.2) is 18.3 Å². The van der Waals surface area contributed by atoms with Gasteiger partial charge in [-0.1, -0.05) is 38.5 Å². The molecule has 0 aromatic carbocycles. The van der Waals surface area contributed by atoms with Crippen LogP contribution in [-0.4, -0.2) is 33.6 Å². The number of amides is 1. The number of carbonyl (C=O) groups is 1. The first-order valence-corrected chi connectivity index (χ1v) is 10.3. The van der Waals surface area contributed by atoms with Crippen molar-refractivity contribution in [3.8, 4) is 0 Å². The second-order valence-electron chi connectivity index (χ2n) is 8.28. The number of nitrogens with one attached hydrogen (secondary N) is 1. The second kappa shape index (κ2) is 9.27. The highest BCUT2D eigenvalue weighted by molar-refractivity contribution is 5.92. The Labute approximate surface area is 164 Å². The smallest absolute Gasteiger partial charge is 0.248 e. The van der Waals surface area contributed by atoms with Crippen molar-refractivity contribution in [3.63, 3.8) is 0 Å². The molecule has 7 heteroatoms. The number of hydrogen-bond acceptors (Lipinski definition) is 4. The van der Waals surface area contributed by atoms with Crippen molar-refractivity contribution >= 4 is 11.6 Å². The SMILES string of the molecule is O=C(Nc1ccnc(C(O)CO)c1)C1CC(F)(F)CCC1C1CCCCCC1. The van der Waals surface area contributed by atoms with Gasteiger partial charge in [-0.3, -0.25) is 9.78 Å². The van der Waals surface area contributed by atoms with E-state index in [1.807, 2.05) is 0 Å². The van der Waals surface area contributed by atoms with Gasteiger partial charge in [0.2, 0.25) is 11.8 Å². The summed E-state index contributed by atoms with van der Waals surface area (Å²) < 4.78 is 28.3. The van der Waals surface area contributed by atoms with Gasteiger partial charge in [0.25, 0.3) is 0 Å². The van der Waals surface area contributed by atoms with Crippen molar-refractivity contribution in [2.24, 2.45) is 17.8 Å². The summed E-state index contributed by atoms with van der Waals surface area (Å²) >= 11 is 0. The zero-order valence-electron chi connectivity index (χ0n) is 16.1. The van der Waals surface area contributed by atoms with Crippen LogP contribution in [0.4, 0.5) is 14.5 Å². The number of aromatic nitrogens is 1. The Balaban J connectivity index is 1.75. The minimum atomic E-state index is -2.81. The molecule has 1 aromatic rings. The van der Waals surface area contributed by atoms with Gasteiger partial charge in [-0.25, -0.2) is 8.78 Å². The molecular weight excluding hydrogens is 366 g/mol. The number of aliphatic hydroxyl groups excluding tert-OH is 2. The predicted octanol–water partition coefficient (Wildman–Crippen LogP) is 4.07. The van der Waals surface area contributed by atoms with Gasteiger partial charge in [-0.15, -0.1) is 0 Å². The van der Waals surface area contributed by atoms with Gasteiger partial charge >= 0.3 is 0 Å². The van der Waals surface area contributed by atoms with Crippen LogP contribution in [0.5, 0.6) is 0 Å². The van der Waals surface area contributed by atoms with E-state index in [4.69, 9.17) is 5.11 Å². The first-order chi connectivity index (χ1) is 13.4. The standard InChI is InChI=1S/C21H30F2N2O3/c22-21(23)9-7-16(14-5-3-1-2-4-6-14)17(12-21)20(28)25-15-8-10-24-18(11-15)19(27)13-26/h8,10-11,14,16-17,19,26-27H,1-7,9,12-13H2,(H,24,25,28). The van der Waals surface area contributed by atoms with Crippen molar-refractivity contribution in [2.75, 3.05) is 11.9 Å². The summed E-state index contributed by atoms with van der Waals surface area (Å²) in [5.41, 5.74) is 0.630. The van der Waals surface area contributed by atoms with Gasteiger partial charge in [0.15, 0.2) is 0 Å². The minimum Gasteiger partial charge on any atom is -0.393 e. The van der Waals surface area contributed by atoms with Crippen molar-refractivity contribution < 1.29 is 23.8 Å². The van der Waals surface area contributed by atoms with E-state index in [2.05, 4.69) is 10.3 Å². The Morgan fingerprint density at radius 2 is 1.96 bits per heavy atom. The van der Waals surface area contributed by atoms with E-state index in [-0.39, 0.29) is 23.9 Å². The highest BCUT2D eigenvalue weighted by Gasteiger charge is 2.46. The Morgan fingerprint density at radius 3 is 2.64 bits per heavy atom. The summed E-state index contributed by atoms with van der Waals surface area (Å²) in [7, 11) is 0. The quantitative estimate of drug-likeness (QED) is 0.656. The fourth-order valence-electron chi connectivity index (χ4n) is 4.78. The molecule has 0 radical (unpaired) electrons. The molecule has 3 rings (SSSR count). The molecule has 1 amide bonds. The molecule has 1 aromatic heterocycles. The molecule has 0 saturated heterocycles. The fraction of sp³-hybridized carbons (Fsp3) is 0.714. The molecule has 3 N–H and O–H groups in total. The molecule has 3 atom stereocenters. The second-order valence-corrected chi connectivity index (χ2v) is 8.28. The van der Waals surface area contributed by atoms with Crippen molar-refractivity contribution in [1.29, 1.82) is 0 Å². The van der Waals surface area contributed by atoms with Crippen molar-refractivity contribution in [3.05, 3.63) is 24.0 Å². The lowest BCUT2D eigenvalue weighted by Gasteiger charge is -2.39. The number of pyridine rings is 1. The maximum atomic E-state index is 14.1. The molecule has 28 heavy (non-hydrogen) atoms. The van der Waals surface area contributed by atoms with E-state index in [0.29, 0.717) is 18.0 Å². The minimum absolute atomic E-state index is 0.0120. The third-order valence-electron chi connectivity index (χ3n) is 6.28. The molecular formula is C21H30F2N2O3. The Hall–Kier alpha value is -1.60. The number of aliphatic hydroxyl groups is 2. The zero-order chi connectivity index (χ0) is 20.1. The number of rotatable bonds is 5. The summed E-state index contributed by atoms with van der Waals surface area (Å²) in [4.78, 5) is 16.9. The van der Waals surface area contributed by atoms with Crippen molar-refractivity contribution in [2.45, 2.75) is 69.8 Å². The van der Waals surface area contributed by atoms with Gasteiger partial charge in [0.1, 0.15) is 6.10 Å². The first-order valence-electron chi connectivity index (χ1n) is 10.3. The molecule has 2 fully saturated rings. The molecule has 2 aliphatic rings. The average molecular weight is 396 g/mol. The summed E-state index contributed by atoms with van der Waals surface area (Å²) in [6, 6.07) is 3.04. The number of hydrogen-bond donors (Lipinski definition) is 3. The number of nitrogens with zero attached hydrogens (tertiary/aromatic N) is 1. The summed E-state index contributed by atoms with van der Waals surface area (Å²) in [5.74, 6) is -3.59. The fourth-order valence-corrected chi connectivity index (χ4v) is 4.78. The zero-order valence-corrected chi connectivity index (χ0v) is 16.1. The first kappa shape index (κ1) is 21.1. The van der Waals surface area contributed by atoms with Crippen molar-refractivity contribution in [1.82, 2.24) is 4.98 Å². The maximum Gasteiger partial charge on any atom is 0.248 e. The van der Waals surface area contributed by atoms with Crippen LogP contribution >= 0.6 is 0 Å². The normalized spacial score (nSPS) is 27.0. The predicted molar refractivity (Wildman–Crippen MR) is 102 cm³/mol. The summed E-state index contributed by atoms with van der Waals surface area (Å²) in [6.45, 7) is -0.483. The van der Waals surface area contributed by atoms with Gasteiger partial charge in [0.05, 0.1) is 12.3 Å². The van der Waals surface area contributed by atoms with Gasteiger partial charge in [-0.2, -0.15) is 0 Å². The highest BCUT2D eigenvalue weighted by Crippen LogP contribution is 2.46. The van der Waals surface area contributed by atoms with E-state index < -0.39 is 31.0 Å². The van der Waals surface area contributed by atoms with E-state index >= 15 is 0 Å². The molecule has 0 aliphatic heterocycles. The largest absolute Gasteiger partial charge is 0.393 e. The lowest BCUT2D eigenvalue weighted by molar-refractivity contribution is -0.134. The summed E-state index contributed by atoms with van der Waals surface area (Å²) in [6.07, 6.45) is 6.74. The highest BCUT2D eigenvalue weighted by atomic mass is 19.3. The average Bonchev–Trinajstić information content (AvgIpc) is 2.96. The summed E-state index contributed by atoms with van der Waals surface area (Å²) in [5, 5.41) is 21.5. The maximum absolute atomic E-state index is 14.1. The van der Waals surface area contributed by atoms with E-state index in [1.165, 1.54) is 25.1 Å². The molecule has 2 saturated carbocycles. The number of anilines is 1. The number of alkyl halides is 2. The van der Waals surface area contributed by atoms with Crippen LogP contribution in [0.2, 0.25) is 0 Å². The Bertz CT molecular complexity index is 663. The monoisotopic (exact) mass is 396 g/mol.